The molecule has 1 fully saturated rings. The highest BCUT2D eigenvalue weighted by Gasteiger charge is 2.39. The van der Waals surface area contributed by atoms with Crippen molar-refractivity contribution in [3.8, 4) is 0 Å². The third kappa shape index (κ3) is 2.25. The molecule has 78 valence electrons. The van der Waals surface area contributed by atoms with Gasteiger partial charge in [-0.15, -0.1) is 0 Å². The van der Waals surface area contributed by atoms with Gasteiger partial charge in [0.2, 0.25) is 0 Å². The van der Waals surface area contributed by atoms with Crippen LogP contribution < -0.4 is 0 Å². The largest absolute Gasteiger partial charge is 0.393 e. The molecule has 0 radical (unpaired) electrons. The van der Waals surface area contributed by atoms with E-state index >= 15 is 0 Å². The molecule has 0 spiro atoms. The fourth-order valence-corrected chi connectivity index (χ4v) is 2.69. The molecule has 0 bridgehead atoms. The zero-order valence-electron chi connectivity index (χ0n) is 9.51. The van der Waals surface area contributed by atoms with Gasteiger partial charge in [-0.1, -0.05) is 34.1 Å². The number of aliphatic hydroxyl groups excluding tert-OH is 1. The highest BCUT2D eigenvalue weighted by Crippen LogP contribution is 2.47. The summed E-state index contributed by atoms with van der Waals surface area (Å²) in [6, 6.07) is 0. The average Bonchev–Trinajstić information content (AvgIpc) is 2.45. The highest BCUT2D eigenvalue weighted by atomic mass is 16.3. The van der Waals surface area contributed by atoms with Crippen LogP contribution in [0.1, 0.15) is 53.4 Å². The van der Waals surface area contributed by atoms with Gasteiger partial charge in [-0.25, -0.2) is 0 Å². The molecule has 4 atom stereocenters. The molecule has 0 amide bonds. The van der Waals surface area contributed by atoms with Crippen LogP contribution in [0.25, 0.3) is 0 Å². The fourth-order valence-electron chi connectivity index (χ4n) is 2.69. The Labute approximate surface area is 82.5 Å². The summed E-state index contributed by atoms with van der Waals surface area (Å²) < 4.78 is 0. The fraction of sp³-hybridized carbons (Fsp3) is 1.00. The van der Waals surface area contributed by atoms with Gasteiger partial charge in [0, 0.05) is 0 Å². The van der Waals surface area contributed by atoms with Crippen LogP contribution in [-0.4, -0.2) is 11.2 Å². The van der Waals surface area contributed by atoms with E-state index in [9.17, 15) is 5.11 Å². The average molecular weight is 184 g/mol. The van der Waals surface area contributed by atoms with Crippen LogP contribution in [0.3, 0.4) is 0 Å². The van der Waals surface area contributed by atoms with Crippen molar-refractivity contribution in [1.82, 2.24) is 0 Å². The van der Waals surface area contributed by atoms with E-state index in [-0.39, 0.29) is 6.10 Å². The third-order valence-corrected chi connectivity index (χ3v) is 4.35. The van der Waals surface area contributed by atoms with E-state index in [0.29, 0.717) is 5.41 Å². The molecule has 0 aromatic carbocycles. The summed E-state index contributed by atoms with van der Waals surface area (Å²) in [6.07, 6.45) is 4.46. The molecule has 0 aromatic heterocycles. The lowest BCUT2D eigenvalue weighted by Crippen LogP contribution is -2.27. The molecule has 0 aromatic rings. The first-order chi connectivity index (χ1) is 5.99. The lowest BCUT2D eigenvalue weighted by atomic mass is 9.70. The maximum Gasteiger partial charge on any atom is 0.0545 e. The molecule has 0 heterocycles. The van der Waals surface area contributed by atoms with Crippen LogP contribution >= 0.6 is 0 Å². The number of aliphatic hydroxyl groups is 1. The molecule has 0 aliphatic heterocycles. The standard InChI is InChI=1S/C12H24O/c1-5-9(2)10(3)12(4)7-6-11(13)8-12/h9-11,13H,5-8H2,1-4H3. The van der Waals surface area contributed by atoms with Crippen molar-refractivity contribution in [3.63, 3.8) is 0 Å². The van der Waals surface area contributed by atoms with Crippen LogP contribution in [-0.2, 0) is 0 Å². The number of hydrogen-bond acceptors (Lipinski definition) is 1. The van der Waals surface area contributed by atoms with E-state index in [4.69, 9.17) is 0 Å². The molecular formula is C12H24O. The van der Waals surface area contributed by atoms with Gasteiger partial charge >= 0.3 is 0 Å². The summed E-state index contributed by atoms with van der Waals surface area (Å²) in [7, 11) is 0. The Kier molecular flexibility index (Phi) is 3.39. The molecule has 0 saturated heterocycles. The molecule has 1 aliphatic rings. The molecule has 4 unspecified atom stereocenters. The summed E-state index contributed by atoms with van der Waals surface area (Å²) in [4.78, 5) is 0. The molecule has 1 rings (SSSR count). The van der Waals surface area contributed by atoms with E-state index in [1.54, 1.807) is 0 Å². The lowest BCUT2D eigenvalue weighted by Gasteiger charge is -2.35. The second kappa shape index (κ2) is 4.00. The predicted octanol–water partition coefficient (Wildman–Crippen LogP) is 3.22. The normalized spacial score (nSPS) is 39.0. The van der Waals surface area contributed by atoms with Gasteiger partial charge in [0.15, 0.2) is 0 Å². The van der Waals surface area contributed by atoms with Gasteiger partial charge in [0.1, 0.15) is 0 Å². The Morgan fingerprint density at radius 1 is 1.46 bits per heavy atom. The minimum absolute atomic E-state index is 0.0310. The molecule has 13 heavy (non-hydrogen) atoms. The molecule has 1 heteroatoms. The zero-order chi connectivity index (χ0) is 10.1. The minimum Gasteiger partial charge on any atom is -0.393 e. The summed E-state index contributed by atoms with van der Waals surface area (Å²) >= 11 is 0. The van der Waals surface area contributed by atoms with Crippen molar-refractivity contribution >= 4 is 0 Å². The van der Waals surface area contributed by atoms with Crippen LogP contribution in [0.5, 0.6) is 0 Å². The summed E-state index contributed by atoms with van der Waals surface area (Å²) in [5, 5.41) is 9.57. The van der Waals surface area contributed by atoms with Crippen molar-refractivity contribution in [2.75, 3.05) is 0 Å². The Morgan fingerprint density at radius 3 is 2.46 bits per heavy atom. The Morgan fingerprint density at radius 2 is 2.08 bits per heavy atom. The van der Waals surface area contributed by atoms with Crippen molar-refractivity contribution in [2.24, 2.45) is 17.3 Å². The van der Waals surface area contributed by atoms with Crippen LogP contribution in [0.4, 0.5) is 0 Å². The summed E-state index contributed by atoms with van der Waals surface area (Å²) in [5.41, 5.74) is 0.398. The van der Waals surface area contributed by atoms with E-state index in [2.05, 4.69) is 27.7 Å². The topological polar surface area (TPSA) is 20.2 Å². The smallest absolute Gasteiger partial charge is 0.0545 e. The molecule has 1 saturated carbocycles. The Balaban J connectivity index is 2.59. The van der Waals surface area contributed by atoms with Crippen molar-refractivity contribution in [1.29, 1.82) is 0 Å². The molecular weight excluding hydrogens is 160 g/mol. The molecule has 1 N–H and O–H groups in total. The Hall–Kier alpha value is -0.0400. The second-order valence-electron chi connectivity index (χ2n) is 5.22. The maximum atomic E-state index is 9.57. The number of hydrogen-bond donors (Lipinski definition) is 1. The van der Waals surface area contributed by atoms with Gasteiger partial charge < -0.3 is 5.11 Å². The SMILES string of the molecule is CCC(C)C(C)C1(C)CCC(O)C1. The highest BCUT2D eigenvalue weighted by molar-refractivity contribution is 4.90. The quantitative estimate of drug-likeness (QED) is 0.714. The predicted molar refractivity (Wildman–Crippen MR) is 56.6 cm³/mol. The van der Waals surface area contributed by atoms with Gasteiger partial charge in [0.25, 0.3) is 0 Å². The Bertz CT molecular complexity index is 167. The van der Waals surface area contributed by atoms with Gasteiger partial charge in [-0.2, -0.15) is 0 Å². The van der Waals surface area contributed by atoms with E-state index < -0.39 is 0 Å². The minimum atomic E-state index is -0.0310. The number of rotatable bonds is 3. The van der Waals surface area contributed by atoms with Crippen LogP contribution in [0, 0.1) is 17.3 Å². The first-order valence-corrected chi connectivity index (χ1v) is 5.67. The zero-order valence-corrected chi connectivity index (χ0v) is 9.51. The first-order valence-electron chi connectivity index (χ1n) is 5.67. The molecule has 1 aliphatic carbocycles. The summed E-state index contributed by atoms with van der Waals surface area (Å²) in [6.45, 7) is 9.29. The second-order valence-corrected chi connectivity index (χ2v) is 5.22. The summed E-state index contributed by atoms with van der Waals surface area (Å²) in [5.74, 6) is 1.53. The molecule has 1 nitrogen and oxygen atoms in total. The maximum absolute atomic E-state index is 9.57. The van der Waals surface area contributed by atoms with Gasteiger partial charge in [0.05, 0.1) is 6.10 Å². The van der Waals surface area contributed by atoms with Crippen molar-refractivity contribution in [3.05, 3.63) is 0 Å². The van der Waals surface area contributed by atoms with Gasteiger partial charge in [-0.3, -0.25) is 0 Å². The van der Waals surface area contributed by atoms with Crippen molar-refractivity contribution in [2.45, 2.75) is 59.5 Å². The lowest BCUT2D eigenvalue weighted by molar-refractivity contribution is 0.111. The van der Waals surface area contributed by atoms with E-state index in [0.717, 1.165) is 24.7 Å². The van der Waals surface area contributed by atoms with Crippen LogP contribution in [0.2, 0.25) is 0 Å². The monoisotopic (exact) mass is 184 g/mol. The first kappa shape index (κ1) is 11.0. The van der Waals surface area contributed by atoms with E-state index in [1.807, 2.05) is 0 Å². The van der Waals surface area contributed by atoms with E-state index in [1.165, 1.54) is 12.8 Å². The third-order valence-electron chi connectivity index (χ3n) is 4.35. The van der Waals surface area contributed by atoms with Crippen molar-refractivity contribution < 1.29 is 5.11 Å². The van der Waals surface area contributed by atoms with Crippen LogP contribution in [0.15, 0.2) is 0 Å². The van der Waals surface area contributed by atoms with Gasteiger partial charge in [-0.05, 0) is 36.5 Å².